The normalized spacial score (nSPS) is 29.6. The molecule has 2 N–H and O–H groups in total. The fourth-order valence-electron chi connectivity index (χ4n) is 2.06. The summed E-state index contributed by atoms with van der Waals surface area (Å²) in [6.45, 7) is 2.44. The van der Waals surface area contributed by atoms with Crippen molar-refractivity contribution in [1.82, 2.24) is 0 Å². The zero-order chi connectivity index (χ0) is 11.8. The second-order valence-electron chi connectivity index (χ2n) is 4.41. The van der Waals surface area contributed by atoms with Crippen LogP contribution in [0.5, 0.6) is 0 Å². The topological polar surface area (TPSA) is 35.2 Å². The first-order chi connectivity index (χ1) is 7.51. The van der Waals surface area contributed by atoms with E-state index >= 15 is 0 Å². The van der Waals surface area contributed by atoms with Gasteiger partial charge in [-0.25, -0.2) is 8.78 Å². The molecule has 4 heteroatoms. The highest BCUT2D eigenvalue weighted by Gasteiger charge is 2.38. The predicted octanol–water partition coefficient (Wildman–Crippen LogP) is 2.01. The van der Waals surface area contributed by atoms with Crippen molar-refractivity contribution >= 4 is 0 Å². The van der Waals surface area contributed by atoms with Gasteiger partial charge in [0.25, 0.3) is 0 Å². The molecule has 0 aliphatic carbocycles. The molecule has 0 amide bonds. The van der Waals surface area contributed by atoms with Gasteiger partial charge in [0.05, 0.1) is 6.10 Å². The lowest BCUT2D eigenvalue weighted by atomic mass is 9.86. The van der Waals surface area contributed by atoms with Crippen molar-refractivity contribution in [2.45, 2.75) is 31.4 Å². The summed E-state index contributed by atoms with van der Waals surface area (Å²) in [7, 11) is 0. The standard InChI is InChI=1S/C12H15F2NO/c1-8-12(15,4-5-16-8)7-9-6-10(13)2-3-11(9)14/h2-3,6,8H,4-5,7,15H2,1H3. The zero-order valence-corrected chi connectivity index (χ0v) is 9.17. The van der Waals surface area contributed by atoms with Gasteiger partial charge in [0.1, 0.15) is 11.6 Å². The molecule has 2 unspecified atom stereocenters. The van der Waals surface area contributed by atoms with Gasteiger partial charge in [-0.2, -0.15) is 0 Å². The van der Waals surface area contributed by atoms with E-state index in [4.69, 9.17) is 10.5 Å². The van der Waals surface area contributed by atoms with Crippen LogP contribution in [0, 0.1) is 11.6 Å². The number of rotatable bonds is 2. The lowest BCUT2D eigenvalue weighted by Crippen LogP contribution is -2.48. The van der Waals surface area contributed by atoms with Crippen LogP contribution >= 0.6 is 0 Å². The van der Waals surface area contributed by atoms with E-state index in [2.05, 4.69) is 0 Å². The number of halogens is 2. The second kappa shape index (κ2) is 4.11. The quantitative estimate of drug-likeness (QED) is 0.838. The molecule has 1 aliphatic heterocycles. The minimum atomic E-state index is -0.589. The predicted molar refractivity (Wildman–Crippen MR) is 57.0 cm³/mol. The summed E-state index contributed by atoms with van der Waals surface area (Å²) in [5.41, 5.74) is 5.87. The molecule has 16 heavy (non-hydrogen) atoms. The van der Waals surface area contributed by atoms with E-state index in [1.54, 1.807) is 0 Å². The largest absolute Gasteiger partial charge is 0.377 e. The van der Waals surface area contributed by atoms with Crippen molar-refractivity contribution in [3.05, 3.63) is 35.4 Å². The smallest absolute Gasteiger partial charge is 0.126 e. The Kier molecular flexibility index (Phi) is 2.95. The van der Waals surface area contributed by atoms with Gasteiger partial charge in [-0.15, -0.1) is 0 Å². The van der Waals surface area contributed by atoms with Crippen molar-refractivity contribution in [3.63, 3.8) is 0 Å². The molecule has 1 aliphatic rings. The summed E-state index contributed by atoms with van der Waals surface area (Å²) >= 11 is 0. The monoisotopic (exact) mass is 227 g/mol. The first kappa shape index (κ1) is 11.5. The van der Waals surface area contributed by atoms with Crippen LogP contribution in [0.15, 0.2) is 18.2 Å². The lowest BCUT2D eigenvalue weighted by Gasteiger charge is -2.27. The molecule has 0 saturated carbocycles. The van der Waals surface area contributed by atoms with E-state index in [0.717, 1.165) is 12.1 Å². The van der Waals surface area contributed by atoms with E-state index in [1.165, 1.54) is 6.07 Å². The average Bonchev–Trinajstić information content (AvgIpc) is 2.53. The molecular formula is C12H15F2NO. The maximum atomic E-state index is 13.5. The maximum absolute atomic E-state index is 13.5. The van der Waals surface area contributed by atoms with Crippen molar-refractivity contribution < 1.29 is 13.5 Å². The Morgan fingerprint density at radius 2 is 2.25 bits per heavy atom. The third-order valence-electron chi connectivity index (χ3n) is 3.27. The van der Waals surface area contributed by atoms with E-state index in [1.807, 2.05) is 6.92 Å². The molecule has 2 nitrogen and oxygen atoms in total. The minimum Gasteiger partial charge on any atom is -0.377 e. The number of hydrogen-bond donors (Lipinski definition) is 1. The third kappa shape index (κ3) is 2.08. The van der Waals surface area contributed by atoms with Crippen LogP contribution in [0.1, 0.15) is 18.9 Å². The summed E-state index contributed by atoms with van der Waals surface area (Å²) in [5.74, 6) is -0.850. The Balaban J connectivity index is 2.23. The van der Waals surface area contributed by atoms with E-state index < -0.39 is 17.2 Å². The molecular weight excluding hydrogens is 212 g/mol. The van der Waals surface area contributed by atoms with Gasteiger partial charge in [-0.3, -0.25) is 0 Å². The van der Waals surface area contributed by atoms with Crippen molar-refractivity contribution in [2.75, 3.05) is 6.61 Å². The highest BCUT2D eigenvalue weighted by Crippen LogP contribution is 2.28. The van der Waals surface area contributed by atoms with Crippen LogP contribution in [-0.4, -0.2) is 18.2 Å². The Hall–Kier alpha value is -1.00. The van der Waals surface area contributed by atoms with Crippen LogP contribution in [0.4, 0.5) is 8.78 Å². The van der Waals surface area contributed by atoms with Crippen LogP contribution in [0.2, 0.25) is 0 Å². The molecule has 1 heterocycles. The molecule has 0 aromatic heterocycles. The Bertz CT molecular complexity index is 397. The van der Waals surface area contributed by atoms with E-state index in [0.29, 0.717) is 25.0 Å². The van der Waals surface area contributed by atoms with Crippen molar-refractivity contribution in [2.24, 2.45) is 5.73 Å². The Labute approximate surface area is 93.4 Å². The van der Waals surface area contributed by atoms with Crippen LogP contribution in [0.25, 0.3) is 0 Å². The van der Waals surface area contributed by atoms with Gasteiger partial charge in [0.2, 0.25) is 0 Å². The van der Waals surface area contributed by atoms with Crippen LogP contribution < -0.4 is 5.73 Å². The van der Waals surface area contributed by atoms with Crippen LogP contribution in [0.3, 0.4) is 0 Å². The highest BCUT2D eigenvalue weighted by molar-refractivity contribution is 5.22. The summed E-state index contributed by atoms with van der Waals surface area (Å²) in [5, 5.41) is 0. The van der Waals surface area contributed by atoms with Gasteiger partial charge in [-0.1, -0.05) is 0 Å². The van der Waals surface area contributed by atoms with Gasteiger partial charge < -0.3 is 10.5 Å². The van der Waals surface area contributed by atoms with Crippen molar-refractivity contribution in [3.8, 4) is 0 Å². The summed E-state index contributed by atoms with van der Waals surface area (Å²) in [6, 6.07) is 3.44. The first-order valence-corrected chi connectivity index (χ1v) is 5.36. The molecule has 2 rings (SSSR count). The lowest BCUT2D eigenvalue weighted by molar-refractivity contribution is 0.0952. The van der Waals surface area contributed by atoms with Gasteiger partial charge in [0.15, 0.2) is 0 Å². The maximum Gasteiger partial charge on any atom is 0.126 e. The van der Waals surface area contributed by atoms with Gasteiger partial charge >= 0.3 is 0 Å². The van der Waals surface area contributed by atoms with E-state index in [-0.39, 0.29) is 6.10 Å². The third-order valence-corrected chi connectivity index (χ3v) is 3.27. The number of hydrogen-bond acceptors (Lipinski definition) is 2. The minimum absolute atomic E-state index is 0.129. The fraction of sp³-hybridized carbons (Fsp3) is 0.500. The molecule has 2 atom stereocenters. The number of nitrogens with two attached hydrogens (primary N) is 1. The molecule has 0 radical (unpaired) electrons. The summed E-state index contributed by atoms with van der Waals surface area (Å²) in [4.78, 5) is 0. The zero-order valence-electron chi connectivity index (χ0n) is 9.17. The summed E-state index contributed by atoms with van der Waals surface area (Å²) < 4.78 is 31.8. The van der Waals surface area contributed by atoms with Gasteiger partial charge in [-0.05, 0) is 43.5 Å². The molecule has 88 valence electrons. The van der Waals surface area contributed by atoms with E-state index in [9.17, 15) is 8.78 Å². The average molecular weight is 227 g/mol. The second-order valence-corrected chi connectivity index (χ2v) is 4.41. The molecule has 1 aromatic carbocycles. The molecule has 0 spiro atoms. The van der Waals surface area contributed by atoms with Gasteiger partial charge in [0, 0.05) is 12.1 Å². The number of benzene rings is 1. The Morgan fingerprint density at radius 3 is 2.88 bits per heavy atom. The SMILES string of the molecule is CC1OCCC1(N)Cc1cc(F)ccc1F. The first-order valence-electron chi connectivity index (χ1n) is 5.36. The van der Waals surface area contributed by atoms with Crippen LogP contribution in [-0.2, 0) is 11.2 Å². The molecule has 1 aromatic rings. The highest BCUT2D eigenvalue weighted by atomic mass is 19.1. The van der Waals surface area contributed by atoms with Crippen molar-refractivity contribution in [1.29, 1.82) is 0 Å². The molecule has 1 fully saturated rings. The Morgan fingerprint density at radius 1 is 1.50 bits per heavy atom. The summed E-state index contributed by atoms with van der Waals surface area (Å²) in [6.07, 6.45) is 0.845. The molecule has 1 saturated heterocycles. The number of ether oxygens (including phenoxy) is 1. The fourth-order valence-corrected chi connectivity index (χ4v) is 2.06. The molecule has 0 bridgehead atoms.